The maximum atomic E-state index is 13.0. The average Bonchev–Trinajstić information content (AvgIpc) is 2.96. The van der Waals surface area contributed by atoms with Crippen LogP contribution in [0.3, 0.4) is 0 Å². The topological polar surface area (TPSA) is 62.8 Å². The lowest BCUT2D eigenvalue weighted by molar-refractivity contribution is 0.596. The molecule has 0 bridgehead atoms. The number of hydrogen-bond acceptors (Lipinski definition) is 3. The highest BCUT2D eigenvalue weighted by molar-refractivity contribution is 7.91. The van der Waals surface area contributed by atoms with Crippen LogP contribution in [0, 0.1) is 0 Å². The summed E-state index contributed by atoms with van der Waals surface area (Å²) in [6, 6.07) is 10.2. The van der Waals surface area contributed by atoms with Crippen molar-refractivity contribution in [2.45, 2.75) is 16.2 Å². The minimum absolute atomic E-state index is 0.281. The van der Waals surface area contributed by atoms with Crippen LogP contribution in [0.15, 0.2) is 71.2 Å². The summed E-state index contributed by atoms with van der Waals surface area (Å²) in [4.78, 5) is 7.80. The monoisotopic (exact) mass is 298 g/mol. The van der Waals surface area contributed by atoms with Gasteiger partial charge in [0.05, 0.1) is 9.79 Å². The molecule has 0 saturated heterocycles. The number of pyridine rings is 1. The fourth-order valence-electron chi connectivity index (χ4n) is 2.36. The van der Waals surface area contributed by atoms with Gasteiger partial charge < -0.3 is 4.98 Å². The Kier molecular flexibility index (Phi) is 3.35. The summed E-state index contributed by atoms with van der Waals surface area (Å²) in [6.07, 6.45) is 5.42. The molecular weight excluding hydrogens is 284 g/mol. The second-order valence-electron chi connectivity index (χ2n) is 4.66. The Morgan fingerprint density at radius 3 is 2.67 bits per heavy atom. The van der Waals surface area contributed by atoms with E-state index in [9.17, 15) is 8.42 Å². The maximum Gasteiger partial charge on any atom is 0.207 e. The van der Waals surface area contributed by atoms with Crippen LogP contribution in [0.25, 0.3) is 11.0 Å². The quantitative estimate of drug-likeness (QED) is 0.753. The molecule has 21 heavy (non-hydrogen) atoms. The van der Waals surface area contributed by atoms with Crippen LogP contribution in [0.4, 0.5) is 0 Å². The normalized spacial score (nSPS) is 11.6. The fourth-order valence-corrected chi connectivity index (χ4v) is 4.05. The zero-order chi connectivity index (χ0) is 14.9. The first-order valence-corrected chi connectivity index (χ1v) is 7.99. The number of allylic oxidation sites excluding steroid dienone is 1. The van der Waals surface area contributed by atoms with Gasteiger partial charge >= 0.3 is 0 Å². The highest BCUT2D eigenvalue weighted by Crippen LogP contribution is 2.30. The Labute approximate surface area is 123 Å². The van der Waals surface area contributed by atoms with Crippen molar-refractivity contribution in [3.8, 4) is 0 Å². The Hall–Kier alpha value is -2.40. The number of nitrogens with one attached hydrogen (secondary N) is 1. The zero-order valence-electron chi connectivity index (χ0n) is 11.3. The van der Waals surface area contributed by atoms with Crippen LogP contribution in [0.2, 0.25) is 0 Å². The van der Waals surface area contributed by atoms with E-state index < -0.39 is 9.84 Å². The van der Waals surface area contributed by atoms with Gasteiger partial charge in [-0.15, -0.1) is 6.58 Å². The first-order valence-electron chi connectivity index (χ1n) is 6.50. The summed E-state index contributed by atoms with van der Waals surface area (Å²) in [5.41, 5.74) is 1.22. The molecule has 2 heterocycles. The molecule has 0 aliphatic rings. The minimum Gasteiger partial charge on any atom is -0.346 e. The number of fused-ring (bicyclic) bond motifs is 1. The number of rotatable bonds is 4. The molecule has 2 aromatic heterocycles. The van der Waals surface area contributed by atoms with Gasteiger partial charge in [-0.05, 0) is 30.2 Å². The SMILES string of the molecule is C=CCc1cnc2[nH]ccc2c1S(=O)(=O)c1ccccc1. The number of aromatic amines is 1. The average molecular weight is 298 g/mol. The zero-order valence-corrected chi connectivity index (χ0v) is 12.1. The molecular formula is C16H14N2O2S. The standard InChI is InChI=1S/C16H14N2O2S/c1-2-6-12-11-18-16-14(9-10-17-16)15(12)21(19,20)13-7-4-3-5-8-13/h2-5,7-11H,1,6H2,(H,17,18). The van der Waals surface area contributed by atoms with E-state index in [-0.39, 0.29) is 4.90 Å². The van der Waals surface area contributed by atoms with Crippen LogP contribution < -0.4 is 0 Å². The second kappa shape index (κ2) is 5.18. The van der Waals surface area contributed by atoms with E-state index in [1.807, 2.05) is 0 Å². The first kappa shape index (κ1) is 13.6. The van der Waals surface area contributed by atoms with E-state index in [0.717, 1.165) is 0 Å². The molecule has 3 aromatic rings. The van der Waals surface area contributed by atoms with Crippen molar-refractivity contribution in [1.29, 1.82) is 0 Å². The lowest BCUT2D eigenvalue weighted by Crippen LogP contribution is -2.07. The van der Waals surface area contributed by atoms with E-state index in [1.54, 1.807) is 54.9 Å². The summed E-state index contributed by atoms with van der Waals surface area (Å²) in [6.45, 7) is 3.69. The molecule has 0 amide bonds. The number of hydrogen-bond donors (Lipinski definition) is 1. The molecule has 1 N–H and O–H groups in total. The van der Waals surface area contributed by atoms with Crippen molar-refractivity contribution in [1.82, 2.24) is 9.97 Å². The van der Waals surface area contributed by atoms with Gasteiger partial charge in [0, 0.05) is 17.8 Å². The number of sulfone groups is 1. The van der Waals surface area contributed by atoms with Crippen molar-refractivity contribution in [3.05, 3.63) is 67.0 Å². The van der Waals surface area contributed by atoms with Gasteiger partial charge in [0.2, 0.25) is 9.84 Å². The van der Waals surface area contributed by atoms with Crippen LogP contribution in [-0.4, -0.2) is 18.4 Å². The molecule has 0 aliphatic heterocycles. The Morgan fingerprint density at radius 1 is 1.19 bits per heavy atom. The van der Waals surface area contributed by atoms with E-state index in [0.29, 0.717) is 27.9 Å². The van der Waals surface area contributed by atoms with Gasteiger partial charge in [-0.2, -0.15) is 0 Å². The lowest BCUT2D eigenvalue weighted by Gasteiger charge is -2.10. The van der Waals surface area contributed by atoms with Crippen LogP contribution >= 0.6 is 0 Å². The molecule has 4 nitrogen and oxygen atoms in total. The Balaban J connectivity index is 2.34. The Morgan fingerprint density at radius 2 is 1.95 bits per heavy atom. The van der Waals surface area contributed by atoms with Crippen LogP contribution in [0.5, 0.6) is 0 Å². The molecule has 0 unspecified atom stereocenters. The van der Waals surface area contributed by atoms with Crippen LogP contribution in [0.1, 0.15) is 5.56 Å². The largest absolute Gasteiger partial charge is 0.346 e. The van der Waals surface area contributed by atoms with Gasteiger partial charge in [0.1, 0.15) is 5.65 Å². The third-order valence-electron chi connectivity index (χ3n) is 3.30. The van der Waals surface area contributed by atoms with Crippen molar-refractivity contribution < 1.29 is 8.42 Å². The number of H-pyrrole nitrogens is 1. The van der Waals surface area contributed by atoms with E-state index in [2.05, 4.69) is 16.5 Å². The van der Waals surface area contributed by atoms with Gasteiger partial charge in [-0.25, -0.2) is 13.4 Å². The molecule has 0 radical (unpaired) electrons. The highest BCUT2D eigenvalue weighted by Gasteiger charge is 2.24. The smallest absolute Gasteiger partial charge is 0.207 e. The summed E-state index contributed by atoms with van der Waals surface area (Å²) in [5.74, 6) is 0. The predicted octanol–water partition coefficient (Wildman–Crippen LogP) is 3.12. The summed E-state index contributed by atoms with van der Waals surface area (Å²) in [7, 11) is -3.60. The van der Waals surface area contributed by atoms with Crippen molar-refractivity contribution in [2.24, 2.45) is 0 Å². The molecule has 106 valence electrons. The number of nitrogens with zero attached hydrogens (tertiary/aromatic N) is 1. The van der Waals surface area contributed by atoms with Crippen molar-refractivity contribution >= 4 is 20.9 Å². The predicted molar refractivity (Wildman–Crippen MR) is 81.9 cm³/mol. The third kappa shape index (κ3) is 2.25. The Bertz CT molecular complexity index is 896. The molecule has 0 atom stereocenters. The molecule has 1 aromatic carbocycles. The molecule has 0 fully saturated rings. The lowest BCUT2D eigenvalue weighted by atomic mass is 10.2. The molecule has 0 spiro atoms. The number of aromatic nitrogens is 2. The first-order chi connectivity index (χ1) is 10.1. The second-order valence-corrected chi connectivity index (χ2v) is 6.55. The molecule has 0 saturated carbocycles. The third-order valence-corrected chi connectivity index (χ3v) is 5.21. The number of benzene rings is 1. The molecule has 0 aliphatic carbocycles. The molecule has 3 rings (SSSR count). The molecule has 5 heteroatoms. The van der Waals surface area contributed by atoms with Gasteiger partial charge in [-0.1, -0.05) is 24.3 Å². The maximum absolute atomic E-state index is 13.0. The summed E-state index contributed by atoms with van der Waals surface area (Å²) in [5, 5.41) is 0.609. The van der Waals surface area contributed by atoms with Crippen LogP contribution in [-0.2, 0) is 16.3 Å². The van der Waals surface area contributed by atoms with E-state index >= 15 is 0 Å². The van der Waals surface area contributed by atoms with Gasteiger partial charge in [0.25, 0.3) is 0 Å². The van der Waals surface area contributed by atoms with E-state index in [4.69, 9.17) is 0 Å². The van der Waals surface area contributed by atoms with Crippen molar-refractivity contribution in [2.75, 3.05) is 0 Å². The van der Waals surface area contributed by atoms with Gasteiger partial charge in [-0.3, -0.25) is 0 Å². The minimum atomic E-state index is -3.60. The van der Waals surface area contributed by atoms with Crippen molar-refractivity contribution in [3.63, 3.8) is 0 Å². The highest BCUT2D eigenvalue weighted by atomic mass is 32.2. The summed E-state index contributed by atoms with van der Waals surface area (Å²) < 4.78 is 25.9. The van der Waals surface area contributed by atoms with Gasteiger partial charge in [0.15, 0.2) is 0 Å². The van der Waals surface area contributed by atoms with E-state index in [1.165, 1.54) is 0 Å². The summed E-state index contributed by atoms with van der Waals surface area (Å²) >= 11 is 0. The fraction of sp³-hybridized carbons (Fsp3) is 0.0625.